The fraction of sp³-hybridized carbons (Fsp3) is 0.846. The molecule has 20 heteroatoms. The van der Waals surface area contributed by atoms with E-state index in [0.29, 0.717) is 32.0 Å². The Balaban J connectivity index is 2.48. The highest BCUT2D eigenvalue weighted by Crippen LogP contribution is 2.42. The summed E-state index contributed by atoms with van der Waals surface area (Å²) in [5.41, 5.74) is 0. The van der Waals surface area contributed by atoms with Crippen LogP contribution >= 0.6 is 19.6 Å². The zero-order chi connectivity index (χ0) is 34.0. The van der Waals surface area contributed by atoms with Gasteiger partial charge in [-0.05, 0) is 18.6 Å². The molecule has 1 aliphatic heterocycles. The molecule has 0 aromatic carbocycles. The summed E-state index contributed by atoms with van der Waals surface area (Å²) in [6, 6.07) is 0. The Morgan fingerprint density at radius 1 is 0.913 bits per heavy atom. The average Bonchev–Trinajstić information content (AvgIpc) is 3.30. The second-order valence-corrected chi connectivity index (χ2v) is 12.4. The topological polar surface area (TPSA) is 216 Å². The number of carbonyl (C=O) groups excluding carboxylic acids is 4. The lowest BCUT2D eigenvalue weighted by Crippen LogP contribution is -2.39. The van der Waals surface area contributed by atoms with Gasteiger partial charge in [0, 0.05) is 34.3 Å². The van der Waals surface area contributed by atoms with Crippen molar-refractivity contribution in [2.45, 2.75) is 43.5 Å². The number of hydrogen-bond donors (Lipinski definition) is 3. The van der Waals surface area contributed by atoms with Crippen molar-refractivity contribution in [1.82, 2.24) is 15.5 Å². The molecular weight excluding hydrogens is 657 g/mol. The van der Waals surface area contributed by atoms with Gasteiger partial charge in [-0.1, -0.05) is 12.8 Å². The normalized spacial score (nSPS) is 16.7. The monoisotopic (exact) mass is 705 g/mol. The predicted molar refractivity (Wildman–Crippen MR) is 163 cm³/mol. The molecule has 0 aliphatic carbocycles. The van der Waals surface area contributed by atoms with E-state index in [1.807, 2.05) is 0 Å². The van der Waals surface area contributed by atoms with Crippen LogP contribution in [0, 0.1) is 0 Å². The molecule has 1 saturated heterocycles. The molecule has 3 atom stereocenters. The molecule has 1 rings (SSSR count). The molecule has 0 radical (unpaired) electrons. The number of alkyl carbamates (subject to hydrolysis) is 2. The number of imide groups is 1. The minimum atomic E-state index is -3.97. The fourth-order valence-corrected chi connectivity index (χ4v) is 5.14. The SMILES string of the molecule is COCCOCCNC(=O)OCC(COC(=O)NCOCCOC)OCN1C(=O)CC(SCCCCCCOP(=O)(O)OC)C1=O. The van der Waals surface area contributed by atoms with E-state index in [1.54, 1.807) is 7.11 Å². The van der Waals surface area contributed by atoms with Gasteiger partial charge in [-0.25, -0.2) is 14.2 Å². The van der Waals surface area contributed by atoms with Crippen LogP contribution in [0.25, 0.3) is 0 Å². The summed E-state index contributed by atoms with van der Waals surface area (Å²) in [7, 11) is 0.188. The Kier molecular flexibility index (Phi) is 23.7. The Bertz CT molecular complexity index is 935. The summed E-state index contributed by atoms with van der Waals surface area (Å²) in [4.78, 5) is 59.8. The van der Waals surface area contributed by atoms with Gasteiger partial charge in [0.15, 0.2) is 0 Å². The van der Waals surface area contributed by atoms with E-state index < -0.39 is 49.9 Å². The quantitative estimate of drug-likeness (QED) is 0.0452. The number of amides is 4. The third kappa shape index (κ3) is 20.2. The smallest absolute Gasteiger partial charge is 0.447 e. The number of nitrogens with zero attached hydrogens (tertiary/aromatic N) is 1. The minimum absolute atomic E-state index is 0.0154. The van der Waals surface area contributed by atoms with Crippen molar-refractivity contribution in [2.75, 3.05) is 99.9 Å². The molecule has 0 aromatic heterocycles. The lowest BCUT2D eigenvalue weighted by Gasteiger charge is -2.22. The molecule has 4 amide bonds. The number of rotatable bonds is 28. The predicted octanol–water partition coefficient (Wildman–Crippen LogP) is 1.25. The van der Waals surface area contributed by atoms with Gasteiger partial charge in [-0.3, -0.25) is 28.9 Å². The molecule has 0 aromatic rings. The van der Waals surface area contributed by atoms with Gasteiger partial charge in [0.2, 0.25) is 11.8 Å². The number of methoxy groups -OCH3 is 2. The van der Waals surface area contributed by atoms with Gasteiger partial charge < -0.3 is 43.4 Å². The number of ether oxygens (including phenoxy) is 7. The van der Waals surface area contributed by atoms with Gasteiger partial charge in [0.25, 0.3) is 0 Å². The Labute approximate surface area is 273 Å². The van der Waals surface area contributed by atoms with Crippen molar-refractivity contribution in [2.24, 2.45) is 0 Å². The maximum absolute atomic E-state index is 12.9. The van der Waals surface area contributed by atoms with Crippen LogP contribution < -0.4 is 10.6 Å². The van der Waals surface area contributed by atoms with Crippen LogP contribution in [-0.2, 0) is 56.4 Å². The highest BCUT2D eigenvalue weighted by atomic mass is 32.2. The lowest BCUT2D eigenvalue weighted by atomic mass is 10.2. The van der Waals surface area contributed by atoms with Crippen LogP contribution in [0.1, 0.15) is 32.1 Å². The van der Waals surface area contributed by atoms with Crippen molar-refractivity contribution in [3.8, 4) is 0 Å². The molecule has 18 nitrogen and oxygen atoms in total. The molecule has 0 spiro atoms. The fourth-order valence-electron chi connectivity index (χ4n) is 3.49. The number of carbonyl (C=O) groups is 4. The van der Waals surface area contributed by atoms with Crippen LogP contribution in [-0.4, -0.2) is 145 Å². The molecule has 1 fully saturated rings. The van der Waals surface area contributed by atoms with E-state index in [2.05, 4.69) is 15.2 Å². The third-order valence-electron chi connectivity index (χ3n) is 5.98. The average molecular weight is 706 g/mol. The van der Waals surface area contributed by atoms with E-state index >= 15 is 0 Å². The molecule has 1 aliphatic rings. The number of phosphoric acid groups is 1. The molecule has 1 heterocycles. The van der Waals surface area contributed by atoms with Crippen LogP contribution in [0.15, 0.2) is 0 Å². The molecule has 268 valence electrons. The van der Waals surface area contributed by atoms with Crippen LogP contribution in [0.2, 0.25) is 0 Å². The first kappa shape index (κ1) is 42.0. The van der Waals surface area contributed by atoms with Gasteiger partial charge >= 0.3 is 20.0 Å². The van der Waals surface area contributed by atoms with E-state index in [9.17, 15) is 28.6 Å². The lowest BCUT2D eigenvalue weighted by molar-refractivity contribution is -0.149. The molecule has 3 unspecified atom stereocenters. The van der Waals surface area contributed by atoms with Crippen molar-refractivity contribution in [3.05, 3.63) is 0 Å². The van der Waals surface area contributed by atoms with Crippen molar-refractivity contribution in [3.63, 3.8) is 0 Å². The standard InChI is InChI=1S/C26H48N3O15PS/c1-36-11-13-39-10-8-27-25(32)41-17-21(18-42-26(33)28-19-40-14-12-37-2)43-20-29-23(30)16-22(24(29)31)46-15-7-5-4-6-9-44-45(34,35)38-3/h21-22H,4-20H2,1-3H3,(H,27,32)(H,28,33)(H,34,35). The highest BCUT2D eigenvalue weighted by molar-refractivity contribution is 8.00. The summed E-state index contributed by atoms with van der Waals surface area (Å²) in [5, 5.41) is 4.33. The molecular formula is C26H48N3O15PS. The summed E-state index contributed by atoms with van der Waals surface area (Å²) in [6.45, 7) is 0.700. The largest absolute Gasteiger partial charge is 0.471 e. The maximum atomic E-state index is 12.9. The van der Waals surface area contributed by atoms with Gasteiger partial charge in [-0.15, -0.1) is 11.8 Å². The number of likely N-dealkylation sites (tertiary alicyclic amines) is 1. The first-order chi connectivity index (χ1) is 22.1. The van der Waals surface area contributed by atoms with E-state index in [-0.39, 0.29) is 52.7 Å². The minimum Gasteiger partial charge on any atom is -0.447 e. The van der Waals surface area contributed by atoms with E-state index in [0.717, 1.165) is 31.3 Å². The number of unbranched alkanes of at least 4 members (excludes halogenated alkanes) is 3. The summed E-state index contributed by atoms with van der Waals surface area (Å²) >= 11 is 1.36. The third-order valence-corrected chi connectivity index (χ3v) is 8.25. The summed E-state index contributed by atoms with van der Waals surface area (Å²) in [5.74, 6) is -0.180. The van der Waals surface area contributed by atoms with Crippen LogP contribution in [0.5, 0.6) is 0 Å². The van der Waals surface area contributed by atoms with E-state index in [1.165, 1.54) is 18.9 Å². The number of hydrogen-bond acceptors (Lipinski definition) is 15. The van der Waals surface area contributed by atoms with Gasteiger partial charge in [-0.2, -0.15) is 0 Å². The Morgan fingerprint density at radius 2 is 1.57 bits per heavy atom. The first-order valence-corrected chi connectivity index (χ1v) is 17.2. The molecule has 0 saturated carbocycles. The van der Waals surface area contributed by atoms with Crippen molar-refractivity contribution < 1.29 is 70.8 Å². The number of phosphoric ester groups is 1. The van der Waals surface area contributed by atoms with Gasteiger partial charge in [0.1, 0.15) is 32.8 Å². The first-order valence-electron chi connectivity index (χ1n) is 14.7. The summed E-state index contributed by atoms with van der Waals surface area (Å²) < 4.78 is 56.5. The zero-order valence-corrected chi connectivity index (χ0v) is 28.4. The molecule has 3 N–H and O–H groups in total. The Morgan fingerprint density at radius 3 is 2.24 bits per heavy atom. The van der Waals surface area contributed by atoms with Crippen molar-refractivity contribution in [1.29, 1.82) is 0 Å². The summed E-state index contributed by atoms with van der Waals surface area (Å²) in [6.07, 6.45) is 0.359. The molecule has 46 heavy (non-hydrogen) atoms. The number of thioether (sulfide) groups is 1. The van der Waals surface area contributed by atoms with Crippen molar-refractivity contribution >= 4 is 43.6 Å². The van der Waals surface area contributed by atoms with Crippen LogP contribution in [0.3, 0.4) is 0 Å². The second kappa shape index (κ2) is 26.0. The maximum Gasteiger partial charge on any atom is 0.471 e. The van der Waals surface area contributed by atoms with Gasteiger partial charge in [0.05, 0.1) is 44.9 Å². The zero-order valence-electron chi connectivity index (χ0n) is 26.6. The second-order valence-electron chi connectivity index (χ2n) is 9.49. The number of nitrogens with one attached hydrogen (secondary N) is 2. The Hall–Kier alpha value is -2.06. The highest BCUT2D eigenvalue weighted by Gasteiger charge is 2.39. The molecule has 0 bridgehead atoms. The van der Waals surface area contributed by atoms with Crippen LogP contribution in [0.4, 0.5) is 9.59 Å². The van der Waals surface area contributed by atoms with E-state index in [4.69, 9.17) is 37.7 Å².